The Balaban J connectivity index is 1.65. The predicted octanol–water partition coefficient (Wildman–Crippen LogP) is 5.40. The molecule has 1 aliphatic carbocycles. The molecule has 3 aromatic rings. The average Bonchev–Trinajstić information content (AvgIpc) is 2.96. The standard InChI is InChI=1S/C30H34ClN3O4S/c1-23(30(36)32-25-14-5-2-6-15-25)33(21-24-13-11-12-20-28(24)31)29(35)22-34(26-16-7-3-8-17-26)39(37,38)27-18-9-4-10-19-27/h3-4,7-13,16-20,23,25H,2,5-6,14-15,21-22H2,1H3,(H,32,36)/t23-/m0/s1. The van der Waals surface area contributed by atoms with E-state index in [1.165, 1.54) is 17.0 Å². The first-order valence-electron chi connectivity index (χ1n) is 13.2. The Morgan fingerprint density at radius 1 is 0.897 bits per heavy atom. The molecule has 0 unspecified atom stereocenters. The van der Waals surface area contributed by atoms with Crippen LogP contribution in [0.2, 0.25) is 5.02 Å². The number of nitrogens with one attached hydrogen (secondary N) is 1. The molecule has 0 radical (unpaired) electrons. The lowest BCUT2D eigenvalue weighted by atomic mass is 9.95. The molecule has 2 amide bonds. The molecule has 0 saturated heterocycles. The highest BCUT2D eigenvalue weighted by atomic mass is 35.5. The topological polar surface area (TPSA) is 86.8 Å². The first-order chi connectivity index (χ1) is 18.8. The van der Waals surface area contributed by atoms with Gasteiger partial charge in [0.25, 0.3) is 10.0 Å². The predicted molar refractivity (Wildman–Crippen MR) is 154 cm³/mol. The summed E-state index contributed by atoms with van der Waals surface area (Å²) in [6.45, 7) is 1.25. The van der Waals surface area contributed by atoms with Crippen molar-refractivity contribution < 1.29 is 18.0 Å². The number of rotatable bonds is 10. The van der Waals surface area contributed by atoms with E-state index in [9.17, 15) is 18.0 Å². The van der Waals surface area contributed by atoms with Crippen molar-refractivity contribution in [1.29, 1.82) is 0 Å². The third-order valence-corrected chi connectivity index (χ3v) is 9.23. The summed E-state index contributed by atoms with van der Waals surface area (Å²) in [5.41, 5.74) is 1.02. The van der Waals surface area contributed by atoms with Gasteiger partial charge in [-0.15, -0.1) is 0 Å². The number of amides is 2. The van der Waals surface area contributed by atoms with Crippen LogP contribution in [0.25, 0.3) is 0 Å². The van der Waals surface area contributed by atoms with Gasteiger partial charge in [0.15, 0.2) is 0 Å². The van der Waals surface area contributed by atoms with Crippen LogP contribution >= 0.6 is 11.6 Å². The van der Waals surface area contributed by atoms with E-state index in [-0.39, 0.29) is 23.4 Å². The normalized spacial score (nSPS) is 14.8. The molecule has 1 saturated carbocycles. The summed E-state index contributed by atoms with van der Waals surface area (Å²) in [5, 5.41) is 3.56. The second-order valence-electron chi connectivity index (χ2n) is 9.79. The molecule has 4 rings (SSSR count). The molecule has 206 valence electrons. The first-order valence-corrected chi connectivity index (χ1v) is 15.1. The molecule has 1 fully saturated rings. The Kier molecular flexibility index (Phi) is 9.64. The lowest BCUT2D eigenvalue weighted by Gasteiger charge is -2.33. The summed E-state index contributed by atoms with van der Waals surface area (Å²) in [6.07, 6.45) is 5.10. The monoisotopic (exact) mass is 567 g/mol. The van der Waals surface area contributed by atoms with E-state index in [2.05, 4.69) is 5.32 Å². The molecular weight excluding hydrogens is 534 g/mol. The van der Waals surface area contributed by atoms with E-state index in [4.69, 9.17) is 11.6 Å². The minimum atomic E-state index is -4.07. The van der Waals surface area contributed by atoms with Crippen LogP contribution in [0.15, 0.2) is 89.8 Å². The van der Waals surface area contributed by atoms with Crippen molar-refractivity contribution in [2.75, 3.05) is 10.8 Å². The molecule has 9 heteroatoms. The quantitative estimate of drug-likeness (QED) is 0.355. The summed E-state index contributed by atoms with van der Waals surface area (Å²) in [4.78, 5) is 28.8. The van der Waals surface area contributed by atoms with Crippen LogP contribution < -0.4 is 9.62 Å². The Bertz CT molecular complexity index is 1360. The van der Waals surface area contributed by atoms with Gasteiger partial charge in [0.1, 0.15) is 12.6 Å². The summed E-state index contributed by atoms with van der Waals surface area (Å²) >= 11 is 6.42. The van der Waals surface area contributed by atoms with Crippen LogP contribution in [0.5, 0.6) is 0 Å². The molecule has 39 heavy (non-hydrogen) atoms. The zero-order chi connectivity index (χ0) is 27.8. The van der Waals surface area contributed by atoms with Crippen molar-refractivity contribution in [3.8, 4) is 0 Å². The Morgan fingerprint density at radius 2 is 1.49 bits per heavy atom. The molecule has 1 atom stereocenters. The van der Waals surface area contributed by atoms with Crippen LogP contribution in [-0.2, 0) is 26.2 Å². The van der Waals surface area contributed by atoms with E-state index < -0.39 is 28.5 Å². The third kappa shape index (κ3) is 7.19. The highest BCUT2D eigenvalue weighted by molar-refractivity contribution is 7.92. The number of hydrogen-bond acceptors (Lipinski definition) is 4. The number of halogens is 1. The fourth-order valence-corrected chi connectivity index (χ4v) is 6.43. The summed E-state index contributed by atoms with van der Waals surface area (Å²) in [5.74, 6) is -0.774. The number of carbonyl (C=O) groups excluding carboxylic acids is 2. The Labute approximate surface area is 235 Å². The summed E-state index contributed by atoms with van der Waals surface area (Å²) < 4.78 is 28.5. The number of nitrogens with zero attached hydrogens (tertiary/aromatic N) is 2. The average molecular weight is 568 g/mol. The molecule has 0 bridgehead atoms. The highest BCUT2D eigenvalue weighted by Gasteiger charge is 2.33. The fraction of sp³-hybridized carbons (Fsp3) is 0.333. The third-order valence-electron chi connectivity index (χ3n) is 7.07. The Morgan fingerprint density at radius 3 is 2.13 bits per heavy atom. The maximum Gasteiger partial charge on any atom is 0.264 e. The van der Waals surface area contributed by atoms with Crippen molar-refractivity contribution in [2.24, 2.45) is 0 Å². The first kappa shape index (κ1) is 28.6. The molecule has 3 aromatic carbocycles. The van der Waals surface area contributed by atoms with Crippen LogP contribution in [0.3, 0.4) is 0 Å². The number of benzene rings is 3. The van der Waals surface area contributed by atoms with Crippen molar-refractivity contribution in [1.82, 2.24) is 10.2 Å². The van der Waals surface area contributed by atoms with Gasteiger partial charge >= 0.3 is 0 Å². The van der Waals surface area contributed by atoms with Crippen LogP contribution in [0.4, 0.5) is 5.69 Å². The second-order valence-corrected chi connectivity index (χ2v) is 12.1. The van der Waals surface area contributed by atoms with Gasteiger partial charge in [0.05, 0.1) is 10.6 Å². The molecule has 0 heterocycles. The van der Waals surface area contributed by atoms with Gasteiger partial charge in [-0.2, -0.15) is 0 Å². The van der Waals surface area contributed by atoms with Gasteiger partial charge in [-0.3, -0.25) is 13.9 Å². The highest BCUT2D eigenvalue weighted by Crippen LogP contribution is 2.25. The Hall–Kier alpha value is -3.36. The largest absolute Gasteiger partial charge is 0.352 e. The van der Waals surface area contributed by atoms with Crippen LogP contribution in [0, 0.1) is 0 Å². The molecular formula is C30H34ClN3O4S. The van der Waals surface area contributed by atoms with Gasteiger partial charge in [-0.1, -0.05) is 85.5 Å². The zero-order valence-corrected chi connectivity index (χ0v) is 23.6. The molecule has 1 N–H and O–H groups in total. The minimum absolute atomic E-state index is 0.0613. The molecule has 0 spiro atoms. The van der Waals surface area contributed by atoms with Crippen LogP contribution in [0.1, 0.15) is 44.6 Å². The maximum atomic E-state index is 14.0. The SMILES string of the molecule is C[C@@H](C(=O)NC1CCCCC1)N(Cc1ccccc1Cl)C(=O)CN(c1ccccc1)S(=O)(=O)c1ccccc1. The van der Waals surface area contributed by atoms with Crippen molar-refractivity contribution in [3.05, 3.63) is 95.5 Å². The number of hydrogen-bond donors (Lipinski definition) is 1. The van der Waals surface area contributed by atoms with Gasteiger partial charge in [-0.05, 0) is 55.7 Å². The number of para-hydroxylation sites is 1. The lowest BCUT2D eigenvalue weighted by molar-refractivity contribution is -0.139. The molecule has 1 aliphatic rings. The van der Waals surface area contributed by atoms with E-state index in [1.807, 2.05) is 6.07 Å². The van der Waals surface area contributed by atoms with Crippen molar-refractivity contribution >= 4 is 39.1 Å². The number of anilines is 1. The smallest absolute Gasteiger partial charge is 0.264 e. The fourth-order valence-electron chi connectivity index (χ4n) is 4.80. The van der Waals surface area contributed by atoms with E-state index >= 15 is 0 Å². The van der Waals surface area contributed by atoms with E-state index in [0.717, 1.165) is 36.4 Å². The minimum Gasteiger partial charge on any atom is -0.352 e. The summed E-state index contributed by atoms with van der Waals surface area (Å²) in [6, 6.07) is 22.9. The van der Waals surface area contributed by atoms with Crippen molar-refractivity contribution in [2.45, 2.75) is 62.6 Å². The number of sulfonamides is 1. The van der Waals surface area contributed by atoms with E-state index in [0.29, 0.717) is 16.3 Å². The van der Waals surface area contributed by atoms with E-state index in [1.54, 1.807) is 73.7 Å². The molecule has 0 aromatic heterocycles. The van der Waals surface area contributed by atoms with Gasteiger partial charge in [0, 0.05) is 17.6 Å². The van der Waals surface area contributed by atoms with Gasteiger partial charge in [0.2, 0.25) is 11.8 Å². The molecule has 0 aliphatic heterocycles. The van der Waals surface area contributed by atoms with Crippen molar-refractivity contribution in [3.63, 3.8) is 0 Å². The number of carbonyl (C=O) groups is 2. The van der Waals surface area contributed by atoms with Crippen LogP contribution in [-0.4, -0.2) is 43.8 Å². The lowest BCUT2D eigenvalue weighted by Crippen LogP contribution is -2.53. The second kappa shape index (κ2) is 13.1. The maximum absolute atomic E-state index is 14.0. The summed E-state index contributed by atoms with van der Waals surface area (Å²) in [7, 11) is -4.07. The zero-order valence-electron chi connectivity index (χ0n) is 22.0. The van der Waals surface area contributed by atoms with Gasteiger partial charge < -0.3 is 10.2 Å². The van der Waals surface area contributed by atoms with Gasteiger partial charge in [-0.25, -0.2) is 8.42 Å². The molecule has 7 nitrogen and oxygen atoms in total.